The molecule has 5 nitrogen and oxygen atoms in total. The molecular weight excluding hydrogens is 176 g/mol. The predicted octanol–water partition coefficient (Wildman–Crippen LogP) is 2.28. The molecule has 0 N–H and O–H groups in total. The normalized spacial score (nSPS) is 20.5. The molecular formula is C6H6N4OS. The van der Waals surface area contributed by atoms with Crippen molar-refractivity contribution in [1.82, 2.24) is 4.98 Å². The van der Waals surface area contributed by atoms with E-state index in [4.69, 9.17) is 10.3 Å². The van der Waals surface area contributed by atoms with Crippen LogP contribution in [0.5, 0.6) is 5.88 Å². The maximum atomic E-state index is 8.28. The Morgan fingerprint density at radius 2 is 2.75 bits per heavy atom. The maximum Gasteiger partial charge on any atom is 0.228 e. The van der Waals surface area contributed by atoms with Crippen LogP contribution in [0.15, 0.2) is 10.6 Å². The van der Waals surface area contributed by atoms with E-state index in [1.807, 2.05) is 0 Å². The van der Waals surface area contributed by atoms with Crippen LogP contribution < -0.4 is 4.74 Å². The summed E-state index contributed by atoms with van der Waals surface area (Å²) >= 11 is 1.47. The number of hydrogen-bond donors (Lipinski definition) is 0. The first kappa shape index (κ1) is 7.39. The average molecular weight is 182 g/mol. The number of fused-ring (bicyclic) bond motifs is 1. The van der Waals surface area contributed by atoms with Crippen LogP contribution in [-0.4, -0.2) is 11.6 Å². The van der Waals surface area contributed by atoms with Crippen molar-refractivity contribution in [1.29, 1.82) is 0 Å². The van der Waals surface area contributed by atoms with Gasteiger partial charge in [-0.2, -0.15) is 0 Å². The highest BCUT2D eigenvalue weighted by Crippen LogP contribution is 2.36. The molecule has 1 aromatic heterocycles. The molecule has 2 rings (SSSR count). The summed E-state index contributed by atoms with van der Waals surface area (Å²) in [6, 6.07) is -0.0775. The molecule has 0 saturated heterocycles. The summed E-state index contributed by atoms with van der Waals surface area (Å²) in [5.41, 5.74) is 9.99. The van der Waals surface area contributed by atoms with Crippen molar-refractivity contribution in [2.45, 2.75) is 12.5 Å². The van der Waals surface area contributed by atoms with E-state index in [-0.39, 0.29) is 6.04 Å². The van der Waals surface area contributed by atoms with Crippen molar-refractivity contribution in [3.63, 3.8) is 0 Å². The van der Waals surface area contributed by atoms with Crippen LogP contribution in [0.4, 0.5) is 0 Å². The second-order valence-electron chi connectivity index (χ2n) is 2.38. The van der Waals surface area contributed by atoms with Gasteiger partial charge in [-0.25, -0.2) is 4.98 Å². The second kappa shape index (κ2) is 3.00. The molecule has 0 spiro atoms. The number of nitrogens with zero attached hydrogens (tertiary/aromatic N) is 4. The van der Waals surface area contributed by atoms with E-state index < -0.39 is 0 Å². The molecule has 0 aromatic carbocycles. The van der Waals surface area contributed by atoms with Crippen molar-refractivity contribution in [3.8, 4) is 5.88 Å². The molecule has 0 aliphatic carbocycles. The smallest absolute Gasteiger partial charge is 0.228 e. The number of thiazole rings is 1. The van der Waals surface area contributed by atoms with Crippen LogP contribution in [0.2, 0.25) is 0 Å². The minimum Gasteiger partial charge on any atom is -0.477 e. The number of aromatic nitrogens is 1. The lowest BCUT2D eigenvalue weighted by Crippen LogP contribution is -2.10. The molecule has 0 radical (unpaired) electrons. The molecule has 0 saturated carbocycles. The molecule has 62 valence electrons. The van der Waals surface area contributed by atoms with Gasteiger partial charge in [-0.1, -0.05) is 5.11 Å². The second-order valence-corrected chi connectivity index (χ2v) is 3.27. The van der Waals surface area contributed by atoms with Crippen molar-refractivity contribution in [2.24, 2.45) is 5.11 Å². The van der Waals surface area contributed by atoms with Crippen molar-refractivity contribution >= 4 is 11.3 Å². The van der Waals surface area contributed by atoms with E-state index in [1.165, 1.54) is 11.3 Å². The van der Waals surface area contributed by atoms with E-state index >= 15 is 0 Å². The first-order chi connectivity index (χ1) is 5.92. The summed E-state index contributed by atoms with van der Waals surface area (Å²) in [7, 11) is 0. The Morgan fingerprint density at radius 3 is 3.58 bits per heavy atom. The fourth-order valence-electron chi connectivity index (χ4n) is 1.15. The Hall–Kier alpha value is -1.26. The summed E-state index contributed by atoms with van der Waals surface area (Å²) in [6.07, 6.45) is 0.749. The standard InChI is InChI=1S/C6H6N4OS/c7-10-9-4-1-2-11-6-5(4)12-3-8-6/h3-4H,1-2H2. The SMILES string of the molecule is [N-]=[N+]=NC1CCOc2ncsc21. The zero-order valence-corrected chi connectivity index (χ0v) is 6.99. The van der Waals surface area contributed by atoms with Crippen LogP contribution in [0.25, 0.3) is 10.4 Å². The Labute approximate surface area is 72.6 Å². The van der Waals surface area contributed by atoms with Crippen LogP contribution in [0.3, 0.4) is 0 Å². The van der Waals surface area contributed by atoms with Gasteiger partial charge in [0.2, 0.25) is 5.88 Å². The summed E-state index contributed by atoms with van der Waals surface area (Å²) in [4.78, 5) is 7.73. The van der Waals surface area contributed by atoms with Gasteiger partial charge in [0.25, 0.3) is 0 Å². The molecule has 0 bridgehead atoms. The number of hydrogen-bond acceptors (Lipinski definition) is 4. The Morgan fingerprint density at radius 1 is 1.83 bits per heavy atom. The predicted molar refractivity (Wildman–Crippen MR) is 44.1 cm³/mol. The Bertz CT molecular complexity index is 330. The maximum absolute atomic E-state index is 8.28. The van der Waals surface area contributed by atoms with Crippen molar-refractivity contribution in [2.75, 3.05) is 6.61 Å². The van der Waals surface area contributed by atoms with Crippen LogP contribution in [-0.2, 0) is 0 Å². The highest BCUT2D eigenvalue weighted by molar-refractivity contribution is 7.10. The summed E-state index contributed by atoms with van der Waals surface area (Å²) in [6.45, 7) is 0.584. The topological polar surface area (TPSA) is 70.9 Å². The van der Waals surface area contributed by atoms with Gasteiger partial charge in [-0.15, -0.1) is 11.3 Å². The Balaban J connectivity index is 2.37. The fraction of sp³-hybridized carbons (Fsp3) is 0.500. The quantitative estimate of drug-likeness (QED) is 0.379. The fourth-order valence-corrected chi connectivity index (χ4v) is 1.94. The molecule has 1 unspecified atom stereocenters. The number of ether oxygens (including phenoxy) is 1. The zero-order chi connectivity index (χ0) is 8.39. The molecule has 1 atom stereocenters. The number of azide groups is 1. The van der Waals surface area contributed by atoms with Crippen molar-refractivity contribution < 1.29 is 4.74 Å². The van der Waals surface area contributed by atoms with Crippen LogP contribution in [0.1, 0.15) is 17.3 Å². The lowest BCUT2D eigenvalue weighted by Gasteiger charge is -2.16. The summed E-state index contributed by atoms with van der Waals surface area (Å²) in [5.74, 6) is 0.628. The highest BCUT2D eigenvalue weighted by Gasteiger charge is 2.22. The van der Waals surface area contributed by atoms with E-state index in [1.54, 1.807) is 5.51 Å². The molecule has 1 aliphatic heterocycles. The van der Waals surface area contributed by atoms with Gasteiger partial charge >= 0.3 is 0 Å². The zero-order valence-electron chi connectivity index (χ0n) is 6.17. The third-order valence-electron chi connectivity index (χ3n) is 1.68. The van der Waals surface area contributed by atoms with Crippen LogP contribution >= 0.6 is 11.3 Å². The van der Waals surface area contributed by atoms with Gasteiger partial charge in [-0.05, 0) is 12.0 Å². The van der Waals surface area contributed by atoms with Gasteiger partial charge in [-0.3, -0.25) is 0 Å². The van der Waals surface area contributed by atoms with E-state index in [0.717, 1.165) is 11.3 Å². The molecule has 2 heterocycles. The van der Waals surface area contributed by atoms with E-state index in [2.05, 4.69) is 15.0 Å². The number of rotatable bonds is 1. The minimum absolute atomic E-state index is 0.0775. The van der Waals surface area contributed by atoms with Gasteiger partial charge in [0.05, 0.1) is 23.0 Å². The molecule has 0 amide bonds. The van der Waals surface area contributed by atoms with Gasteiger partial charge < -0.3 is 4.74 Å². The molecule has 12 heavy (non-hydrogen) atoms. The molecule has 1 aliphatic rings. The largest absolute Gasteiger partial charge is 0.477 e. The first-order valence-electron chi connectivity index (χ1n) is 3.52. The summed E-state index contributed by atoms with van der Waals surface area (Å²) in [5, 5.41) is 3.67. The van der Waals surface area contributed by atoms with E-state index in [9.17, 15) is 0 Å². The molecule has 1 aromatic rings. The van der Waals surface area contributed by atoms with Gasteiger partial charge in [0.1, 0.15) is 0 Å². The molecule has 6 heteroatoms. The van der Waals surface area contributed by atoms with Crippen molar-refractivity contribution in [3.05, 3.63) is 20.8 Å². The van der Waals surface area contributed by atoms with Crippen LogP contribution in [0, 0.1) is 0 Å². The summed E-state index contributed by atoms with van der Waals surface area (Å²) < 4.78 is 5.26. The first-order valence-corrected chi connectivity index (χ1v) is 4.40. The monoisotopic (exact) mass is 182 g/mol. The van der Waals surface area contributed by atoms with Gasteiger partial charge in [0, 0.05) is 4.91 Å². The highest BCUT2D eigenvalue weighted by atomic mass is 32.1. The third kappa shape index (κ3) is 1.11. The minimum atomic E-state index is -0.0775. The lowest BCUT2D eigenvalue weighted by atomic mass is 10.2. The van der Waals surface area contributed by atoms with E-state index in [0.29, 0.717) is 12.5 Å². The lowest BCUT2D eigenvalue weighted by molar-refractivity contribution is 0.262. The molecule has 0 fully saturated rings. The Kier molecular flexibility index (Phi) is 1.85. The average Bonchev–Trinajstić information content (AvgIpc) is 2.53. The van der Waals surface area contributed by atoms with Gasteiger partial charge in [0.15, 0.2) is 0 Å². The third-order valence-corrected chi connectivity index (χ3v) is 2.60.